The van der Waals surface area contributed by atoms with E-state index < -0.39 is 0 Å². The fraction of sp³-hybridized carbons (Fsp3) is 0.294. The Balaban J connectivity index is 2.09. The molecule has 2 aromatic rings. The van der Waals surface area contributed by atoms with Crippen molar-refractivity contribution in [2.24, 2.45) is 5.73 Å². The smallest absolute Gasteiger partial charge is 0.0426 e. The first kappa shape index (κ1) is 13.6. The van der Waals surface area contributed by atoms with Crippen molar-refractivity contribution in [3.05, 3.63) is 65.2 Å². The van der Waals surface area contributed by atoms with Crippen molar-refractivity contribution in [3.8, 4) is 0 Å². The molecule has 0 amide bonds. The summed E-state index contributed by atoms with van der Waals surface area (Å²) < 4.78 is 0. The highest BCUT2D eigenvalue weighted by Gasteiger charge is 2.04. The highest BCUT2D eigenvalue weighted by atomic mass is 15.1. The van der Waals surface area contributed by atoms with Crippen LogP contribution in [0.15, 0.2) is 48.5 Å². The molecular formula is C17H22N2. The lowest BCUT2D eigenvalue weighted by Crippen LogP contribution is -2.16. The number of rotatable bonds is 4. The number of anilines is 1. The number of nitrogens with two attached hydrogens (primary N) is 1. The molecule has 2 heteroatoms. The molecule has 2 N–H and O–H groups in total. The molecule has 0 aliphatic rings. The average Bonchev–Trinajstić information content (AvgIpc) is 2.39. The minimum Gasteiger partial charge on any atom is -0.370 e. The van der Waals surface area contributed by atoms with Crippen molar-refractivity contribution < 1.29 is 0 Å². The molecule has 0 saturated carbocycles. The Hall–Kier alpha value is -1.80. The first-order valence-corrected chi connectivity index (χ1v) is 6.68. The third kappa shape index (κ3) is 3.58. The van der Waals surface area contributed by atoms with Gasteiger partial charge in [0.2, 0.25) is 0 Å². The minimum atomic E-state index is 0.0936. The topological polar surface area (TPSA) is 29.3 Å². The van der Waals surface area contributed by atoms with Crippen LogP contribution in [-0.2, 0) is 6.54 Å². The highest BCUT2D eigenvalue weighted by Crippen LogP contribution is 2.19. The van der Waals surface area contributed by atoms with Crippen LogP contribution in [-0.4, -0.2) is 7.05 Å². The lowest BCUT2D eigenvalue weighted by atomic mass is 10.1. The zero-order valence-electron chi connectivity index (χ0n) is 11.9. The lowest BCUT2D eigenvalue weighted by Gasteiger charge is -2.20. The van der Waals surface area contributed by atoms with E-state index in [1.54, 1.807) is 0 Å². The van der Waals surface area contributed by atoms with Crippen molar-refractivity contribution in [2.45, 2.75) is 26.4 Å². The van der Waals surface area contributed by atoms with Crippen LogP contribution in [0.5, 0.6) is 0 Å². The van der Waals surface area contributed by atoms with Crippen LogP contribution in [0.4, 0.5) is 5.69 Å². The largest absolute Gasteiger partial charge is 0.370 e. The van der Waals surface area contributed by atoms with Gasteiger partial charge in [-0.2, -0.15) is 0 Å². The molecule has 0 saturated heterocycles. The van der Waals surface area contributed by atoms with E-state index in [4.69, 9.17) is 5.73 Å². The Morgan fingerprint density at radius 1 is 1.11 bits per heavy atom. The van der Waals surface area contributed by atoms with Crippen molar-refractivity contribution >= 4 is 5.69 Å². The van der Waals surface area contributed by atoms with Gasteiger partial charge < -0.3 is 10.6 Å². The van der Waals surface area contributed by atoms with Crippen molar-refractivity contribution in [1.82, 2.24) is 0 Å². The van der Waals surface area contributed by atoms with Crippen LogP contribution in [0, 0.1) is 6.92 Å². The molecule has 2 nitrogen and oxygen atoms in total. The highest BCUT2D eigenvalue weighted by molar-refractivity contribution is 5.48. The molecule has 0 fully saturated rings. The van der Waals surface area contributed by atoms with Crippen molar-refractivity contribution in [1.29, 1.82) is 0 Å². The third-order valence-electron chi connectivity index (χ3n) is 3.36. The first-order valence-electron chi connectivity index (χ1n) is 6.68. The zero-order valence-corrected chi connectivity index (χ0v) is 11.9. The van der Waals surface area contributed by atoms with Crippen LogP contribution in [0.3, 0.4) is 0 Å². The molecule has 2 rings (SSSR count). The normalized spacial score (nSPS) is 12.2. The van der Waals surface area contributed by atoms with Gasteiger partial charge in [0.15, 0.2) is 0 Å². The van der Waals surface area contributed by atoms with Crippen LogP contribution in [0.2, 0.25) is 0 Å². The monoisotopic (exact) mass is 254 g/mol. The molecule has 2 aromatic carbocycles. The minimum absolute atomic E-state index is 0.0936. The van der Waals surface area contributed by atoms with Gasteiger partial charge in [-0.1, -0.05) is 42.0 Å². The fourth-order valence-electron chi connectivity index (χ4n) is 2.21. The quantitative estimate of drug-likeness (QED) is 0.902. The Labute approximate surface area is 115 Å². The fourth-order valence-corrected chi connectivity index (χ4v) is 2.21. The van der Waals surface area contributed by atoms with E-state index in [1.165, 1.54) is 22.4 Å². The predicted octanol–water partition coefficient (Wildman–Crippen LogP) is 3.65. The van der Waals surface area contributed by atoms with E-state index in [2.05, 4.69) is 67.4 Å². The standard InChI is InChI=1S/C17H22N2/c1-13-5-4-6-15(11-13)12-19(3)17-9-7-16(8-10-17)14(2)18/h4-11,14H,12,18H2,1-3H3/t14-/m0/s1. The second kappa shape index (κ2) is 5.89. The van der Waals surface area contributed by atoms with E-state index in [0.29, 0.717) is 0 Å². The Morgan fingerprint density at radius 3 is 2.37 bits per heavy atom. The van der Waals surface area contributed by atoms with Crippen LogP contribution in [0.25, 0.3) is 0 Å². The molecule has 0 aliphatic heterocycles. The molecule has 19 heavy (non-hydrogen) atoms. The first-order chi connectivity index (χ1) is 9.06. The SMILES string of the molecule is Cc1cccc(CN(C)c2ccc([C@H](C)N)cc2)c1. The van der Waals surface area contributed by atoms with Gasteiger partial charge in [-0.05, 0) is 37.1 Å². The maximum absolute atomic E-state index is 5.87. The summed E-state index contributed by atoms with van der Waals surface area (Å²) >= 11 is 0. The van der Waals surface area contributed by atoms with Crippen LogP contribution in [0.1, 0.15) is 29.7 Å². The molecule has 0 heterocycles. The second-order valence-electron chi connectivity index (χ2n) is 5.23. The predicted molar refractivity (Wildman–Crippen MR) is 82.3 cm³/mol. The molecular weight excluding hydrogens is 232 g/mol. The summed E-state index contributed by atoms with van der Waals surface area (Å²) in [6, 6.07) is 17.2. The van der Waals surface area contributed by atoms with E-state index >= 15 is 0 Å². The number of hydrogen-bond donors (Lipinski definition) is 1. The second-order valence-corrected chi connectivity index (χ2v) is 5.23. The number of nitrogens with zero attached hydrogens (tertiary/aromatic N) is 1. The molecule has 0 bridgehead atoms. The molecule has 0 aliphatic carbocycles. The maximum Gasteiger partial charge on any atom is 0.0426 e. The molecule has 0 aromatic heterocycles. The molecule has 0 radical (unpaired) electrons. The Kier molecular flexibility index (Phi) is 4.23. The van der Waals surface area contributed by atoms with Crippen molar-refractivity contribution in [3.63, 3.8) is 0 Å². The molecule has 0 unspecified atom stereocenters. The Bertz CT molecular complexity index is 529. The van der Waals surface area contributed by atoms with E-state index in [1.807, 2.05) is 6.92 Å². The van der Waals surface area contributed by atoms with E-state index in [9.17, 15) is 0 Å². The van der Waals surface area contributed by atoms with Gasteiger partial charge >= 0.3 is 0 Å². The maximum atomic E-state index is 5.87. The zero-order chi connectivity index (χ0) is 13.8. The van der Waals surface area contributed by atoms with Crippen molar-refractivity contribution in [2.75, 3.05) is 11.9 Å². The summed E-state index contributed by atoms with van der Waals surface area (Å²) in [6.45, 7) is 5.05. The molecule has 100 valence electrons. The van der Waals surface area contributed by atoms with Crippen LogP contribution < -0.4 is 10.6 Å². The summed E-state index contributed by atoms with van der Waals surface area (Å²) in [6.07, 6.45) is 0. The lowest BCUT2D eigenvalue weighted by molar-refractivity contribution is 0.817. The third-order valence-corrected chi connectivity index (χ3v) is 3.36. The molecule has 1 atom stereocenters. The average molecular weight is 254 g/mol. The summed E-state index contributed by atoms with van der Waals surface area (Å²) in [5.41, 5.74) is 10.9. The van der Waals surface area contributed by atoms with Crippen LogP contribution >= 0.6 is 0 Å². The number of hydrogen-bond acceptors (Lipinski definition) is 2. The van der Waals surface area contributed by atoms with E-state index in [0.717, 1.165) is 6.54 Å². The van der Waals surface area contributed by atoms with Gasteiger partial charge in [0.25, 0.3) is 0 Å². The van der Waals surface area contributed by atoms with Gasteiger partial charge in [-0.3, -0.25) is 0 Å². The number of aryl methyl sites for hydroxylation is 1. The van der Waals surface area contributed by atoms with Gasteiger partial charge in [0.1, 0.15) is 0 Å². The summed E-state index contributed by atoms with van der Waals surface area (Å²) in [4.78, 5) is 2.25. The number of benzene rings is 2. The summed E-state index contributed by atoms with van der Waals surface area (Å²) in [7, 11) is 2.11. The van der Waals surface area contributed by atoms with E-state index in [-0.39, 0.29) is 6.04 Å². The summed E-state index contributed by atoms with van der Waals surface area (Å²) in [5, 5.41) is 0. The van der Waals surface area contributed by atoms with Gasteiger partial charge in [0, 0.05) is 25.3 Å². The van der Waals surface area contributed by atoms with Gasteiger partial charge in [-0.25, -0.2) is 0 Å². The summed E-state index contributed by atoms with van der Waals surface area (Å²) in [5.74, 6) is 0. The van der Waals surface area contributed by atoms with Gasteiger partial charge in [-0.15, -0.1) is 0 Å². The molecule has 0 spiro atoms. The Morgan fingerprint density at radius 2 is 1.79 bits per heavy atom. The van der Waals surface area contributed by atoms with Gasteiger partial charge in [0.05, 0.1) is 0 Å².